The number of hydrogen-bond donors (Lipinski definition) is 2. The van der Waals surface area contributed by atoms with Gasteiger partial charge >= 0.3 is 0 Å². The van der Waals surface area contributed by atoms with E-state index in [-0.39, 0.29) is 31.0 Å². The van der Waals surface area contributed by atoms with Gasteiger partial charge in [0.25, 0.3) is 0 Å². The van der Waals surface area contributed by atoms with Gasteiger partial charge in [-0.1, -0.05) is 24.3 Å². The number of rotatable bonds is 4. The molecule has 0 saturated carbocycles. The number of benzene rings is 2. The molecule has 0 fully saturated rings. The first-order valence-corrected chi connectivity index (χ1v) is 7.88. The third-order valence-electron chi connectivity index (χ3n) is 3.18. The van der Waals surface area contributed by atoms with Crippen LogP contribution in [0.3, 0.4) is 0 Å². The molecule has 0 unspecified atom stereocenters. The van der Waals surface area contributed by atoms with Crippen LogP contribution >= 0.6 is 11.3 Å². The van der Waals surface area contributed by atoms with E-state index < -0.39 is 0 Å². The largest absolute Gasteiger partial charge is 0.507 e. The average molecular weight is 388 g/mol. The molecular formula is C18H14N2O2SZn. The van der Waals surface area contributed by atoms with E-state index in [0.29, 0.717) is 22.5 Å². The van der Waals surface area contributed by atoms with Gasteiger partial charge in [-0.15, -0.1) is 11.3 Å². The Morgan fingerprint density at radius 1 is 0.708 bits per heavy atom. The second kappa shape index (κ2) is 8.53. The predicted molar refractivity (Wildman–Crippen MR) is 95.0 cm³/mol. The first-order valence-electron chi connectivity index (χ1n) is 6.94. The van der Waals surface area contributed by atoms with E-state index in [4.69, 9.17) is 0 Å². The molecule has 6 heteroatoms. The summed E-state index contributed by atoms with van der Waals surface area (Å²) in [4.78, 5) is 8.76. The maximum absolute atomic E-state index is 9.74. The summed E-state index contributed by atoms with van der Waals surface area (Å²) in [5.74, 6) is 0.372. The molecule has 0 radical (unpaired) electrons. The molecule has 2 aromatic carbocycles. The number of hydrogen-bond acceptors (Lipinski definition) is 5. The van der Waals surface area contributed by atoms with Crippen molar-refractivity contribution in [2.45, 2.75) is 0 Å². The molecule has 0 amide bonds. The summed E-state index contributed by atoms with van der Waals surface area (Å²) in [6, 6.07) is 14.0. The summed E-state index contributed by atoms with van der Waals surface area (Å²) in [7, 11) is 0. The first kappa shape index (κ1) is 18.0. The fourth-order valence-corrected chi connectivity index (χ4v) is 2.64. The summed E-state index contributed by atoms with van der Waals surface area (Å²) >= 11 is 1.49. The van der Waals surface area contributed by atoms with Gasteiger partial charge < -0.3 is 10.2 Å². The molecule has 4 nitrogen and oxygen atoms in total. The minimum absolute atomic E-state index is 0. The van der Waals surface area contributed by atoms with Crippen molar-refractivity contribution in [1.82, 2.24) is 0 Å². The van der Waals surface area contributed by atoms with Gasteiger partial charge in [0, 0.05) is 53.8 Å². The smallest absolute Gasteiger partial charge is 0.124 e. The Morgan fingerprint density at radius 3 is 1.54 bits per heavy atom. The molecule has 116 valence electrons. The zero-order chi connectivity index (χ0) is 16.1. The van der Waals surface area contributed by atoms with E-state index in [1.165, 1.54) is 11.3 Å². The fourth-order valence-electron chi connectivity index (χ4n) is 1.95. The van der Waals surface area contributed by atoms with Gasteiger partial charge in [-0.2, -0.15) is 0 Å². The Labute approximate surface area is 156 Å². The number of phenolic OH excluding ortho intramolecular Hbond substituents is 2. The normalized spacial score (nSPS) is 11.0. The van der Waals surface area contributed by atoms with Crippen molar-refractivity contribution in [3.05, 3.63) is 70.4 Å². The summed E-state index contributed by atoms with van der Waals surface area (Å²) in [6.07, 6.45) is 3.22. The standard InChI is InChI=1S/C18H14N2O2S.Zn/c21-17-7-3-1-5-13(17)9-19-15-11-23-12-16(15)20-10-14-6-2-4-8-18(14)22;/h1-12,21-22H;. The van der Waals surface area contributed by atoms with E-state index in [1.807, 2.05) is 22.9 Å². The van der Waals surface area contributed by atoms with Gasteiger partial charge in [-0.3, -0.25) is 9.98 Å². The second-order valence-corrected chi connectivity index (χ2v) is 5.52. The van der Waals surface area contributed by atoms with E-state index in [9.17, 15) is 10.2 Å². The molecule has 3 rings (SSSR count). The van der Waals surface area contributed by atoms with Crippen LogP contribution in [0.15, 0.2) is 69.3 Å². The Hall–Kier alpha value is -2.30. The molecule has 0 spiro atoms. The molecular weight excluding hydrogens is 374 g/mol. The summed E-state index contributed by atoms with van der Waals surface area (Å²) < 4.78 is 0. The molecule has 1 heterocycles. The minimum atomic E-state index is 0. The Kier molecular flexibility index (Phi) is 6.41. The monoisotopic (exact) mass is 386 g/mol. The van der Waals surface area contributed by atoms with Crippen LogP contribution in [0.1, 0.15) is 11.1 Å². The molecule has 2 N–H and O–H groups in total. The maximum Gasteiger partial charge on any atom is 0.124 e. The number of para-hydroxylation sites is 2. The van der Waals surface area contributed by atoms with E-state index >= 15 is 0 Å². The number of aromatic hydroxyl groups is 2. The van der Waals surface area contributed by atoms with Crippen LogP contribution in [0.4, 0.5) is 11.4 Å². The first-order chi connectivity index (χ1) is 11.2. The quantitative estimate of drug-likeness (QED) is 0.505. The molecule has 0 aliphatic carbocycles. The SMILES string of the molecule is Oc1ccccc1C=Nc1cscc1N=Cc1ccccc1O.[Zn]. The van der Waals surface area contributed by atoms with Crippen molar-refractivity contribution >= 4 is 35.1 Å². The molecule has 0 saturated heterocycles. The number of phenols is 2. The van der Waals surface area contributed by atoms with Crippen molar-refractivity contribution < 1.29 is 29.7 Å². The van der Waals surface area contributed by atoms with Crippen LogP contribution in [0.5, 0.6) is 11.5 Å². The van der Waals surface area contributed by atoms with Crippen LogP contribution < -0.4 is 0 Å². The zero-order valence-corrected chi connectivity index (χ0v) is 16.6. The Balaban J connectivity index is 0.00000208. The second-order valence-electron chi connectivity index (χ2n) is 4.78. The molecule has 0 aliphatic rings. The van der Waals surface area contributed by atoms with Gasteiger partial charge in [0.05, 0.1) is 11.4 Å². The third kappa shape index (κ3) is 4.37. The number of thiophene rings is 1. The Bertz CT molecular complexity index is 805. The van der Waals surface area contributed by atoms with Gasteiger partial charge in [-0.25, -0.2) is 0 Å². The van der Waals surface area contributed by atoms with Crippen molar-refractivity contribution in [3.63, 3.8) is 0 Å². The van der Waals surface area contributed by atoms with Gasteiger partial charge in [0.2, 0.25) is 0 Å². The molecule has 24 heavy (non-hydrogen) atoms. The van der Waals surface area contributed by atoms with Crippen LogP contribution in [0.25, 0.3) is 0 Å². The van der Waals surface area contributed by atoms with Crippen molar-refractivity contribution in [2.24, 2.45) is 9.98 Å². The van der Waals surface area contributed by atoms with Crippen molar-refractivity contribution in [1.29, 1.82) is 0 Å². The third-order valence-corrected chi connectivity index (χ3v) is 3.90. The summed E-state index contributed by atoms with van der Waals surface area (Å²) in [5.41, 5.74) is 2.72. The van der Waals surface area contributed by atoms with Gasteiger partial charge in [0.15, 0.2) is 0 Å². The van der Waals surface area contributed by atoms with Crippen molar-refractivity contribution in [2.75, 3.05) is 0 Å². The van der Waals surface area contributed by atoms with E-state index in [1.54, 1.807) is 48.8 Å². The molecule has 1 aromatic heterocycles. The molecule has 0 aliphatic heterocycles. The fraction of sp³-hybridized carbons (Fsp3) is 0. The molecule has 0 atom stereocenters. The zero-order valence-electron chi connectivity index (χ0n) is 12.8. The Morgan fingerprint density at radius 2 is 1.12 bits per heavy atom. The van der Waals surface area contributed by atoms with Gasteiger partial charge in [0.1, 0.15) is 11.5 Å². The van der Waals surface area contributed by atoms with E-state index in [2.05, 4.69) is 9.98 Å². The van der Waals surface area contributed by atoms with Crippen LogP contribution in [-0.4, -0.2) is 22.6 Å². The summed E-state index contributed by atoms with van der Waals surface area (Å²) in [5, 5.41) is 23.3. The average Bonchev–Trinajstić information content (AvgIpc) is 3.01. The summed E-state index contributed by atoms with van der Waals surface area (Å²) in [6.45, 7) is 0. The van der Waals surface area contributed by atoms with Crippen LogP contribution in [0.2, 0.25) is 0 Å². The topological polar surface area (TPSA) is 65.2 Å². The number of nitrogens with zero attached hydrogens (tertiary/aromatic N) is 2. The van der Waals surface area contributed by atoms with Crippen LogP contribution in [0, 0.1) is 0 Å². The van der Waals surface area contributed by atoms with Crippen molar-refractivity contribution in [3.8, 4) is 11.5 Å². The van der Waals surface area contributed by atoms with Crippen LogP contribution in [-0.2, 0) is 19.5 Å². The minimum Gasteiger partial charge on any atom is -0.507 e. The maximum atomic E-state index is 9.74. The molecule has 3 aromatic rings. The van der Waals surface area contributed by atoms with E-state index in [0.717, 1.165) is 0 Å². The number of aliphatic imine (C=N–C) groups is 2. The molecule has 0 bridgehead atoms. The van der Waals surface area contributed by atoms with Gasteiger partial charge in [-0.05, 0) is 24.3 Å². The predicted octanol–water partition coefficient (Wildman–Crippen LogP) is 4.66.